The largest absolute Gasteiger partial charge is 0.506 e. The number of aromatic hydroxyl groups is 1. The Kier molecular flexibility index (Phi) is 4.68. The molecular formula is C15H13BrClNO2. The van der Waals surface area contributed by atoms with Crippen molar-refractivity contribution in [2.24, 2.45) is 4.99 Å². The molecule has 0 saturated heterocycles. The average Bonchev–Trinajstić information content (AvgIpc) is 2.41. The van der Waals surface area contributed by atoms with Gasteiger partial charge in [-0.2, -0.15) is 0 Å². The minimum Gasteiger partial charge on any atom is -0.506 e. The van der Waals surface area contributed by atoms with E-state index in [1.54, 1.807) is 31.5 Å². The Balaban J connectivity index is 2.32. The summed E-state index contributed by atoms with van der Waals surface area (Å²) in [7, 11) is 1.56. The Morgan fingerprint density at radius 1 is 1.30 bits per heavy atom. The van der Waals surface area contributed by atoms with E-state index in [9.17, 15) is 5.11 Å². The molecule has 3 nitrogen and oxygen atoms in total. The Morgan fingerprint density at radius 2 is 2.05 bits per heavy atom. The molecule has 2 rings (SSSR count). The van der Waals surface area contributed by atoms with Crippen molar-refractivity contribution in [2.45, 2.75) is 6.92 Å². The average molecular weight is 355 g/mol. The van der Waals surface area contributed by atoms with E-state index in [1.807, 2.05) is 19.1 Å². The Labute approximate surface area is 131 Å². The molecule has 0 fully saturated rings. The maximum Gasteiger partial charge on any atom is 0.138 e. The first-order chi connectivity index (χ1) is 9.51. The number of ether oxygens (including phenoxy) is 1. The van der Waals surface area contributed by atoms with Crippen LogP contribution in [0.3, 0.4) is 0 Å². The van der Waals surface area contributed by atoms with Crippen molar-refractivity contribution >= 4 is 39.4 Å². The topological polar surface area (TPSA) is 41.8 Å². The Bertz CT molecular complexity index is 671. The molecule has 0 radical (unpaired) electrons. The summed E-state index contributed by atoms with van der Waals surface area (Å²) in [5.74, 6) is 0.769. The Hall–Kier alpha value is -1.52. The highest BCUT2D eigenvalue weighted by molar-refractivity contribution is 9.10. The zero-order valence-electron chi connectivity index (χ0n) is 11.0. The molecule has 2 aromatic rings. The van der Waals surface area contributed by atoms with Crippen molar-refractivity contribution < 1.29 is 9.84 Å². The quantitative estimate of drug-likeness (QED) is 0.799. The number of rotatable bonds is 3. The number of aliphatic imine (C=N–C) groups is 1. The number of methoxy groups -OCH3 is 1. The van der Waals surface area contributed by atoms with E-state index in [2.05, 4.69) is 20.9 Å². The van der Waals surface area contributed by atoms with Crippen LogP contribution in [0, 0.1) is 6.92 Å². The van der Waals surface area contributed by atoms with Crippen molar-refractivity contribution in [1.82, 2.24) is 0 Å². The van der Waals surface area contributed by atoms with Gasteiger partial charge in [0.05, 0.1) is 22.3 Å². The number of nitrogens with zero attached hydrogens (tertiary/aromatic N) is 1. The van der Waals surface area contributed by atoms with E-state index < -0.39 is 0 Å². The van der Waals surface area contributed by atoms with Gasteiger partial charge in [-0.3, -0.25) is 4.99 Å². The Morgan fingerprint density at radius 3 is 2.70 bits per heavy atom. The van der Waals surface area contributed by atoms with Crippen molar-refractivity contribution in [3.8, 4) is 11.5 Å². The zero-order valence-corrected chi connectivity index (χ0v) is 13.4. The van der Waals surface area contributed by atoms with Gasteiger partial charge in [0.15, 0.2) is 0 Å². The van der Waals surface area contributed by atoms with Gasteiger partial charge >= 0.3 is 0 Å². The maximum absolute atomic E-state index is 9.95. The summed E-state index contributed by atoms with van der Waals surface area (Å²) < 4.78 is 5.73. The van der Waals surface area contributed by atoms with Gasteiger partial charge in [0.25, 0.3) is 0 Å². The molecule has 5 heteroatoms. The van der Waals surface area contributed by atoms with Gasteiger partial charge in [-0.15, -0.1) is 0 Å². The van der Waals surface area contributed by atoms with Crippen LogP contribution in [0.15, 0.2) is 39.8 Å². The lowest BCUT2D eigenvalue weighted by Crippen LogP contribution is -1.86. The third-order valence-electron chi connectivity index (χ3n) is 2.73. The first-order valence-corrected chi connectivity index (χ1v) is 7.05. The third-order valence-corrected chi connectivity index (χ3v) is 3.63. The first-order valence-electron chi connectivity index (χ1n) is 5.88. The molecule has 0 amide bonds. The highest BCUT2D eigenvalue weighted by atomic mass is 79.9. The van der Waals surface area contributed by atoms with Gasteiger partial charge in [-0.25, -0.2) is 0 Å². The van der Waals surface area contributed by atoms with Crippen LogP contribution < -0.4 is 4.74 Å². The minimum absolute atomic E-state index is 0.166. The summed E-state index contributed by atoms with van der Waals surface area (Å²) >= 11 is 9.34. The van der Waals surface area contributed by atoms with Gasteiger partial charge in [0.1, 0.15) is 11.5 Å². The molecule has 0 aromatic heterocycles. The molecular weight excluding hydrogens is 342 g/mol. The summed E-state index contributed by atoms with van der Waals surface area (Å²) in [6, 6.07) is 8.95. The molecule has 20 heavy (non-hydrogen) atoms. The van der Waals surface area contributed by atoms with Gasteiger partial charge in [-0.05, 0) is 58.7 Å². The number of benzene rings is 2. The van der Waals surface area contributed by atoms with Crippen molar-refractivity contribution in [3.05, 3.63) is 51.0 Å². The minimum atomic E-state index is 0.166. The molecule has 0 aliphatic carbocycles. The fourth-order valence-electron chi connectivity index (χ4n) is 1.74. The lowest BCUT2D eigenvalue weighted by Gasteiger charge is -2.05. The van der Waals surface area contributed by atoms with Crippen LogP contribution in [0.25, 0.3) is 0 Å². The monoisotopic (exact) mass is 353 g/mol. The molecule has 0 aliphatic rings. The van der Waals surface area contributed by atoms with Gasteiger partial charge in [0.2, 0.25) is 0 Å². The molecule has 0 atom stereocenters. The number of aryl methyl sites for hydroxylation is 1. The molecule has 0 saturated carbocycles. The second-order valence-corrected chi connectivity index (χ2v) is 5.52. The third kappa shape index (κ3) is 3.32. The molecule has 0 heterocycles. The highest BCUT2D eigenvalue weighted by Gasteiger charge is 2.05. The molecule has 0 unspecified atom stereocenters. The van der Waals surface area contributed by atoms with E-state index in [-0.39, 0.29) is 5.75 Å². The van der Waals surface area contributed by atoms with Crippen LogP contribution in [-0.4, -0.2) is 18.4 Å². The van der Waals surface area contributed by atoms with Crippen LogP contribution in [0.5, 0.6) is 11.5 Å². The summed E-state index contributed by atoms with van der Waals surface area (Å²) in [6.07, 6.45) is 1.60. The van der Waals surface area contributed by atoms with Gasteiger partial charge < -0.3 is 9.84 Å². The van der Waals surface area contributed by atoms with E-state index in [1.165, 1.54) is 0 Å². The predicted octanol–water partition coefficient (Wildman–Crippen LogP) is 4.88. The van der Waals surface area contributed by atoms with E-state index in [0.29, 0.717) is 26.5 Å². The highest BCUT2D eigenvalue weighted by Crippen LogP contribution is 2.30. The summed E-state index contributed by atoms with van der Waals surface area (Å²) in [5.41, 5.74) is 2.36. The maximum atomic E-state index is 9.95. The normalized spacial score (nSPS) is 11.0. The number of hydrogen-bond acceptors (Lipinski definition) is 3. The number of halogens is 2. The van der Waals surface area contributed by atoms with Gasteiger partial charge in [-0.1, -0.05) is 11.6 Å². The second-order valence-electron chi connectivity index (χ2n) is 4.26. The molecule has 0 aliphatic heterocycles. The summed E-state index contributed by atoms with van der Waals surface area (Å²) in [4.78, 5) is 4.31. The molecule has 0 spiro atoms. The number of phenolic OH excluding ortho intramolecular Hbond substituents is 1. The van der Waals surface area contributed by atoms with E-state index >= 15 is 0 Å². The molecule has 1 N–H and O–H groups in total. The zero-order chi connectivity index (χ0) is 14.7. The first kappa shape index (κ1) is 14.9. The number of hydrogen-bond donors (Lipinski definition) is 1. The predicted molar refractivity (Wildman–Crippen MR) is 85.8 cm³/mol. The van der Waals surface area contributed by atoms with Crippen LogP contribution in [0.4, 0.5) is 5.69 Å². The molecule has 2 aromatic carbocycles. The lowest BCUT2D eigenvalue weighted by atomic mass is 10.1. The van der Waals surface area contributed by atoms with Crippen LogP contribution >= 0.6 is 27.5 Å². The number of phenols is 1. The molecule has 0 bridgehead atoms. The van der Waals surface area contributed by atoms with Crippen molar-refractivity contribution in [2.75, 3.05) is 7.11 Å². The fourth-order valence-corrected chi connectivity index (χ4v) is 2.58. The lowest BCUT2D eigenvalue weighted by molar-refractivity contribution is 0.415. The summed E-state index contributed by atoms with van der Waals surface area (Å²) in [6.45, 7) is 1.95. The SMILES string of the molecule is COc1ccc(N=Cc2cc(C)cc(Br)c2O)cc1Cl. The standard InChI is InChI=1S/C15H13BrClNO2/c1-9-5-10(15(19)12(16)6-9)8-18-11-3-4-14(20-2)13(17)7-11/h3-8,19H,1-2H3. The van der Waals surface area contributed by atoms with Gasteiger partial charge in [0, 0.05) is 11.8 Å². The second kappa shape index (κ2) is 6.29. The van der Waals surface area contributed by atoms with E-state index in [4.69, 9.17) is 16.3 Å². The van der Waals surface area contributed by atoms with Crippen molar-refractivity contribution in [3.63, 3.8) is 0 Å². The van der Waals surface area contributed by atoms with Crippen LogP contribution in [-0.2, 0) is 0 Å². The smallest absolute Gasteiger partial charge is 0.138 e. The van der Waals surface area contributed by atoms with Crippen LogP contribution in [0.1, 0.15) is 11.1 Å². The van der Waals surface area contributed by atoms with Crippen molar-refractivity contribution in [1.29, 1.82) is 0 Å². The van der Waals surface area contributed by atoms with E-state index in [0.717, 1.165) is 5.56 Å². The summed E-state index contributed by atoms with van der Waals surface area (Å²) in [5, 5.41) is 10.4. The fraction of sp³-hybridized carbons (Fsp3) is 0.133. The van der Waals surface area contributed by atoms with Crippen LogP contribution in [0.2, 0.25) is 5.02 Å². The molecule has 104 valence electrons.